The van der Waals surface area contributed by atoms with E-state index in [1.807, 2.05) is 6.92 Å². The summed E-state index contributed by atoms with van der Waals surface area (Å²) in [5.41, 5.74) is 1.01. The standard InChI is InChI=1S/C22H30O5/c1-5-6-7-8-13-11-15-18(19(23)16(13)21(24)25)17-14(12(2)3)9-10-22(4,26)20(17)27-15/h11,14,17,20,23,26H,2,5-10H2,1,3-4H3,(H,24,25)/t14-,17-,20-,22-/m1/s1. The highest BCUT2D eigenvalue weighted by atomic mass is 16.5. The first-order valence-corrected chi connectivity index (χ1v) is 9.85. The molecule has 1 fully saturated rings. The summed E-state index contributed by atoms with van der Waals surface area (Å²) in [5.74, 6) is -1.07. The van der Waals surface area contributed by atoms with Crippen LogP contribution in [0.1, 0.15) is 80.3 Å². The Balaban J connectivity index is 2.12. The monoisotopic (exact) mass is 374 g/mol. The maximum absolute atomic E-state index is 11.9. The molecule has 1 aromatic carbocycles. The van der Waals surface area contributed by atoms with Crippen LogP contribution in [-0.2, 0) is 6.42 Å². The molecule has 27 heavy (non-hydrogen) atoms. The smallest absolute Gasteiger partial charge is 0.339 e. The summed E-state index contributed by atoms with van der Waals surface area (Å²) >= 11 is 0. The van der Waals surface area contributed by atoms with Gasteiger partial charge in [-0.2, -0.15) is 0 Å². The minimum atomic E-state index is -1.13. The summed E-state index contributed by atoms with van der Waals surface area (Å²) in [5, 5.41) is 31.6. The third kappa shape index (κ3) is 3.33. The number of hydrogen-bond donors (Lipinski definition) is 3. The number of ether oxygens (including phenoxy) is 1. The fraction of sp³-hybridized carbons (Fsp3) is 0.591. The number of carbonyl (C=O) groups is 1. The Kier molecular flexibility index (Phi) is 5.26. The maximum atomic E-state index is 11.9. The van der Waals surface area contributed by atoms with E-state index in [0.29, 0.717) is 29.7 Å². The number of rotatable bonds is 6. The molecule has 0 radical (unpaired) electrons. The van der Waals surface area contributed by atoms with Gasteiger partial charge in [-0.05, 0) is 57.1 Å². The van der Waals surface area contributed by atoms with Gasteiger partial charge in [-0.1, -0.05) is 31.9 Å². The Morgan fingerprint density at radius 1 is 1.41 bits per heavy atom. The number of phenols is 1. The van der Waals surface area contributed by atoms with Gasteiger partial charge in [0.25, 0.3) is 0 Å². The molecular weight excluding hydrogens is 344 g/mol. The molecule has 2 aliphatic rings. The van der Waals surface area contributed by atoms with Crippen LogP contribution in [0.5, 0.6) is 11.5 Å². The van der Waals surface area contributed by atoms with Gasteiger partial charge < -0.3 is 20.1 Å². The topological polar surface area (TPSA) is 87.0 Å². The molecule has 1 saturated carbocycles. The Morgan fingerprint density at radius 3 is 2.70 bits per heavy atom. The van der Waals surface area contributed by atoms with Crippen molar-refractivity contribution in [1.82, 2.24) is 0 Å². The summed E-state index contributed by atoms with van der Waals surface area (Å²) in [7, 11) is 0. The van der Waals surface area contributed by atoms with Crippen molar-refractivity contribution in [2.24, 2.45) is 5.92 Å². The molecule has 148 valence electrons. The lowest BCUT2D eigenvalue weighted by molar-refractivity contribution is -0.0824. The highest BCUT2D eigenvalue weighted by molar-refractivity contribution is 5.94. The fourth-order valence-corrected chi connectivity index (χ4v) is 4.74. The number of unbranched alkanes of at least 4 members (excludes halogenated alkanes) is 2. The molecular formula is C22H30O5. The van der Waals surface area contributed by atoms with Crippen molar-refractivity contribution >= 4 is 5.97 Å². The van der Waals surface area contributed by atoms with Crippen molar-refractivity contribution < 1.29 is 24.9 Å². The molecule has 0 amide bonds. The quantitative estimate of drug-likeness (QED) is 0.507. The molecule has 0 bridgehead atoms. The van der Waals surface area contributed by atoms with Crippen LogP contribution in [0, 0.1) is 5.92 Å². The van der Waals surface area contributed by atoms with E-state index in [1.165, 1.54) is 0 Å². The van der Waals surface area contributed by atoms with Gasteiger partial charge in [0.15, 0.2) is 0 Å². The molecule has 0 spiro atoms. The van der Waals surface area contributed by atoms with Crippen LogP contribution < -0.4 is 4.74 Å². The van der Waals surface area contributed by atoms with Crippen molar-refractivity contribution in [3.05, 3.63) is 34.9 Å². The van der Waals surface area contributed by atoms with Gasteiger partial charge in [0.05, 0.1) is 5.60 Å². The highest BCUT2D eigenvalue weighted by Gasteiger charge is 2.54. The molecule has 5 nitrogen and oxygen atoms in total. The predicted molar refractivity (Wildman–Crippen MR) is 104 cm³/mol. The van der Waals surface area contributed by atoms with Crippen molar-refractivity contribution in [3.8, 4) is 11.5 Å². The highest BCUT2D eigenvalue weighted by Crippen LogP contribution is 2.57. The zero-order valence-corrected chi connectivity index (χ0v) is 16.4. The summed E-state index contributed by atoms with van der Waals surface area (Å²) in [6, 6.07) is 1.76. The van der Waals surface area contributed by atoms with E-state index >= 15 is 0 Å². The van der Waals surface area contributed by atoms with Crippen LogP contribution in [0.25, 0.3) is 0 Å². The van der Waals surface area contributed by atoms with Gasteiger partial charge in [0.1, 0.15) is 23.2 Å². The molecule has 5 heteroatoms. The lowest BCUT2D eigenvalue weighted by Gasteiger charge is -2.42. The van der Waals surface area contributed by atoms with Crippen molar-refractivity contribution in [3.63, 3.8) is 0 Å². The summed E-state index contributed by atoms with van der Waals surface area (Å²) in [6.45, 7) is 9.86. The minimum Gasteiger partial charge on any atom is -0.507 e. The van der Waals surface area contributed by atoms with Crippen molar-refractivity contribution in [2.45, 2.75) is 76.9 Å². The third-order valence-corrected chi connectivity index (χ3v) is 6.20. The van der Waals surface area contributed by atoms with E-state index < -0.39 is 17.7 Å². The molecule has 1 aromatic rings. The number of aromatic hydroxyl groups is 1. The Morgan fingerprint density at radius 2 is 2.11 bits per heavy atom. The van der Waals surface area contributed by atoms with Crippen LogP contribution in [0.3, 0.4) is 0 Å². The zero-order valence-electron chi connectivity index (χ0n) is 16.4. The largest absolute Gasteiger partial charge is 0.507 e. The van der Waals surface area contributed by atoms with Crippen molar-refractivity contribution in [1.29, 1.82) is 0 Å². The second kappa shape index (κ2) is 7.19. The predicted octanol–water partition coefficient (Wildman–Crippen LogP) is 4.40. The van der Waals surface area contributed by atoms with E-state index in [0.717, 1.165) is 31.3 Å². The number of allylic oxidation sites excluding steroid dienone is 1. The van der Waals surface area contributed by atoms with Gasteiger partial charge in [-0.25, -0.2) is 4.79 Å². The molecule has 0 aromatic heterocycles. The van der Waals surface area contributed by atoms with Gasteiger partial charge in [-0.3, -0.25) is 0 Å². The van der Waals surface area contributed by atoms with Gasteiger partial charge in [0, 0.05) is 11.5 Å². The van der Waals surface area contributed by atoms with E-state index in [-0.39, 0.29) is 23.1 Å². The molecule has 0 unspecified atom stereocenters. The number of aromatic carboxylic acids is 1. The first kappa shape index (κ1) is 19.7. The number of aryl methyl sites for hydroxylation is 1. The van der Waals surface area contributed by atoms with Gasteiger partial charge in [-0.15, -0.1) is 0 Å². The second-order valence-corrected chi connectivity index (χ2v) is 8.35. The SMILES string of the molecule is C=C(C)[C@H]1CC[C@@](C)(O)[C@@H]2Oc3cc(CCCCC)c(C(=O)O)c(O)c3[C@@H]12. The average molecular weight is 374 g/mol. The second-order valence-electron chi connectivity index (χ2n) is 8.35. The molecule has 1 aliphatic carbocycles. The molecule has 3 N–H and O–H groups in total. The third-order valence-electron chi connectivity index (χ3n) is 6.20. The number of fused-ring (bicyclic) bond motifs is 3. The number of hydrogen-bond acceptors (Lipinski definition) is 4. The molecule has 0 saturated heterocycles. The maximum Gasteiger partial charge on any atom is 0.339 e. The van der Waals surface area contributed by atoms with Crippen LogP contribution in [-0.4, -0.2) is 33.0 Å². The molecule has 1 aliphatic heterocycles. The molecule has 3 rings (SSSR count). The fourth-order valence-electron chi connectivity index (χ4n) is 4.74. The first-order chi connectivity index (χ1) is 12.7. The number of aliphatic hydroxyl groups is 1. The van der Waals surface area contributed by atoms with E-state index in [1.54, 1.807) is 13.0 Å². The van der Waals surface area contributed by atoms with Gasteiger partial charge >= 0.3 is 5.97 Å². The summed E-state index contributed by atoms with van der Waals surface area (Å²) in [6.07, 6.45) is 4.26. The summed E-state index contributed by atoms with van der Waals surface area (Å²) < 4.78 is 6.13. The average Bonchev–Trinajstić information content (AvgIpc) is 2.95. The van der Waals surface area contributed by atoms with E-state index in [9.17, 15) is 20.1 Å². The summed E-state index contributed by atoms with van der Waals surface area (Å²) in [4.78, 5) is 11.9. The lowest BCUT2D eigenvalue weighted by atomic mass is 9.66. The molecule has 1 heterocycles. The molecule has 4 atom stereocenters. The Hall–Kier alpha value is -2.01. The number of benzene rings is 1. The first-order valence-electron chi connectivity index (χ1n) is 9.85. The normalized spacial score (nSPS) is 29.0. The zero-order chi connectivity index (χ0) is 19.9. The van der Waals surface area contributed by atoms with Crippen molar-refractivity contribution in [2.75, 3.05) is 0 Å². The minimum absolute atomic E-state index is 0.0280. The number of carboxylic acids is 1. The Labute approximate surface area is 160 Å². The van der Waals surface area contributed by atoms with Gasteiger partial charge in [0.2, 0.25) is 0 Å². The van der Waals surface area contributed by atoms with E-state index in [2.05, 4.69) is 13.5 Å². The number of carboxylic acid groups (broad SMARTS) is 1. The Bertz CT molecular complexity index is 764. The van der Waals surface area contributed by atoms with E-state index in [4.69, 9.17) is 4.74 Å². The van der Waals surface area contributed by atoms with Crippen LogP contribution in [0.4, 0.5) is 0 Å². The van der Waals surface area contributed by atoms with Crippen LogP contribution >= 0.6 is 0 Å². The lowest BCUT2D eigenvalue weighted by Crippen LogP contribution is -2.50. The van der Waals surface area contributed by atoms with Crippen LogP contribution in [0.15, 0.2) is 18.2 Å². The van der Waals surface area contributed by atoms with Crippen LogP contribution in [0.2, 0.25) is 0 Å².